The van der Waals surface area contributed by atoms with E-state index in [1.165, 1.54) is 21.4 Å². The third-order valence-corrected chi connectivity index (χ3v) is 5.81. The summed E-state index contributed by atoms with van der Waals surface area (Å²) in [5, 5.41) is 8.81. The number of aryl methyl sites for hydroxylation is 1. The molecular formula is C8H15N5O4S2. The zero-order valence-electron chi connectivity index (χ0n) is 10.3. The Morgan fingerprint density at radius 1 is 1.11 bits per heavy atom. The number of rotatable bonds is 3. The summed E-state index contributed by atoms with van der Waals surface area (Å²) in [5.74, 6) is 0. The van der Waals surface area contributed by atoms with E-state index in [0.29, 0.717) is 0 Å². The largest absolute Gasteiger partial charge is 0.276 e. The van der Waals surface area contributed by atoms with Gasteiger partial charge in [0.15, 0.2) is 0 Å². The monoisotopic (exact) mass is 309 g/mol. The average Bonchev–Trinajstić information content (AvgIpc) is 2.76. The molecule has 11 heteroatoms. The molecule has 2 N–H and O–H groups in total. The lowest BCUT2D eigenvalue weighted by Gasteiger charge is -2.31. The van der Waals surface area contributed by atoms with E-state index in [-0.39, 0.29) is 31.1 Å². The van der Waals surface area contributed by atoms with E-state index in [0.717, 1.165) is 4.31 Å². The molecule has 0 atom stereocenters. The molecule has 1 aliphatic rings. The van der Waals surface area contributed by atoms with Crippen molar-refractivity contribution in [2.24, 2.45) is 12.2 Å². The first kappa shape index (κ1) is 14.4. The second-order valence-electron chi connectivity index (χ2n) is 4.20. The molecule has 0 bridgehead atoms. The van der Waals surface area contributed by atoms with Gasteiger partial charge in [-0.2, -0.15) is 22.1 Å². The van der Waals surface area contributed by atoms with Gasteiger partial charge in [0, 0.05) is 39.4 Å². The average molecular weight is 309 g/mol. The molecular weight excluding hydrogens is 294 g/mol. The Morgan fingerprint density at radius 3 is 2.05 bits per heavy atom. The highest BCUT2D eigenvalue weighted by molar-refractivity contribution is 7.89. The highest BCUT2D eigenvalue weighted by Gasteiger charge is 2.32. The molecule has 108 valence electrons. The number of nitrogens with zero attached hydrogens (tertiary/aromatic N) is 4. The predicted octanol–water partition coefficient (Wildman–Crippen LogP) is -2.07. The van der Waals surface area contributed by atoms with Crippen LogP contribution in [0.1, 0.15) is 0 Å². The molecule has 0 spiro atoms. The second kappa shape index (κ2) is 4.83. The van der Waals surface area contributed by atoms with Crippen LogP contribution in [0, 0.1) is 0 Å². The summed E-state index contributed by atoms with van der Waals surface area (Å²) in [7, 11) is -5.76. The third kappa shape index (κ3) is 2.95. The molecule has 1 aromatic rings. The maximum Gasteiger partial charge on any atom is 0.276 e. The van der Waals surface area contributed by atoms with E-state index in [2.05, 4.69) is 5.10 Å². The molecule has 0 unspecified atom stereocenters. The van der Waals surface area contributed by atoms with Gasteiger partial charge in [-0.25, -0.2) is 13.6 Å². The lowest BCUT2D eigenvalue weighted by Crippen LogP contribution is -2.52. The molecule has 1 aromatic heterocycles. The van der Waals surface area contributed by atoms with Crippen molar-refractivity contribution in [2.75, 3.05) is 26.2 Å². The minimum Gasteiger partial charge on any atom is -0.274 e. The smallest absolute Gasteiger partial charge is 0.274 e. The zero-order valence-corrected chi connectivity index (χ0v) is 11.9. The van der Waals surface area contributed by atoms with Crippen LogP contribution in [-0.2, 0) is 27.3 Å². The van der Waals surface area contributed by atoms with Crippen molar-refractivity contribution in [3.8, 4) is 0 Å². The van der Waals surface area contributed by atoms with Crippen molar-refractivity contribution in [2.45, 2.75) is 4.90 Å². The summed E-state index contributed by atoms with van der Waals surface area (Å²) >= 11 is 0. The standard InChI is InChI=1S/C8H15N5O4S2/c1-11-7-8(6-10-11)18(14,15)12-2-4-13(5-3-12)19(9,16)17/h6-7H,2-5H2,1H3,(H2,9,16,17). The molecule has 0 aliphatic carbocycles. The molecule has 0 aromatic carbocycles. The van der Waals surface area contributed by atoms with Crippen LogP contribution in [0.25, 0.3) is 0 Å². The summed E-state index contributed by atoms with van der Waals surface area (Å²) in [6.45, 7) is 0.262. The number of piperazine rings is 1. The molecule has 0 radical (unpaired) electrons. The number of hydrogen-bond acceptors (Lipinski definition) is 5. The van der Waals surface area contributed by atoms with Gasteiger partial charge >= 0.3 is 0 Å². The van der Waals surface area contributed by atoms with E-state index in [4.69, 9.17) is 5.14 Å². The normalized spacial score (nSPS) is 19.7. The molecule has 1 saturated heterocycles. The Morgan fingerprint density at radius 2 is 1.63 bits per heavy atom. The number of aromatic nitrogens is 2. The first-order valence-corrected chi connectivity index (χ1v) is 8.42. The Kier molecular flexibility index (Phi) is 3.66. The van der Waals surface area contributed by atoms with Crippen molar-refractivity contribution in [1.29, 1.82) is 0 Å². The molecule has 0 amide bonds. The quantitative estimate of drug-likeness (QED) is 0.688. The zero-order chi connectivity index (χ0) is 14.3. The molecule has 1 fully saturated rings. The van der Waals surface area contributed by atoms with E-state index in [1.807, 2.05) is 0 Å². The van der Waals surface area contributed by atoms with Crippen LogP contribution in [0.5, 0.6) is 0 Å². The van der Waals surface area contributed by atoms with Gasteiger partial charge in [0.2, 0.25) is 10.0 Å². The molecule has 0 saturated carbocycles. The number of nitrogens with two attached hydrogens (primary N) is 1. The van der Waals surface area contributed by atoms with Crippen LogP contribution >= 0.6 is 0 Å². The minimum atomic E-state index is -3.76. The summed E-state index contributed by atoms with van der Waals surface area (Å²) < 4.78 is 50.4. The van der Waals surface area contributed by atoms with Crippen LogP contribution in [0.4, 0.5) is 0 Å². The fraction of sp³-hybridized carbons (Fsp3) is 0.625. The summed E-state index contributed by atoms with van der Waals surface area (Å²) in [6, 6.07) is 0. The third-order valence-electron chi connectivity index (χ3n) is 2.88. The number of sulfonamides is 1. The van der Waals surface area contributed by atoms with Crippen molar-refractivity contribution in [3.05, 3.63) is 12.4 Å². The fourth-order valence-electron chi connectivity index (χ4n) is 1.85. The fourth-order valence-corrected chi connectivity index (χ4v) is 3.93. The van der Waals surface area contributed by atoms with Gasteiger partial charge in [-0.05, 0) is 0 Å². The van der Waals surface area contributed by atoms with Gasteiger partial charge in [0.05, 0.1) is 6.20 Å². The van der Waals surface area contributed by atoms with Crippen molar-refractivity contribution in [1.82, 2.24) is 18.4 Å². The summed E-state index contributed by atoms with van der Waals surface area (Å²) in [4.78, 5) is 0.0963. The van der Waals surface area contributed by atoms with Gasteiger partial charge in [0.25, 0.3) is 10.2 Å². The lowest BCUT2D eigenvalue weighted by molar-refractivity contribution is 0.273. The van der Waals surface area contributed by atoms with E-state index < -0.39 is 20.2 Å². The first-order chi connectivity index (χ1) is 8.71. The van der Waals surface area contributed by atoms with Gasteiger partial charge in [-0.1, -0.05) is 0 Å². The van der Waals surface area contributed by atoms with E-state index >= 15 is 0 Å². The molecule has 9 nitrogen and oxygen atoms in total. The molecule has 19 heavy (non-hydrogen) atoms. The Labute approximate surface area is 111 Å². The van der Waals surface area contributed by atoms with Crippen LogP contribution in [0.3, 0.4) is 0 Å². The van der Waals surface area contributed by atoms with Crippen LogP contribution < -0.4 is 5.14 Å². The number of hydrogen-bond donors (Lipinski definition) is 1. The van der Waals surface area contributed by atoms with Crippen molar-refractivity contribution >= 4 is 20.2 Å². The van der Waals surface area contributed by atoms with Gasteiger partial charge in [0.1, 0.15) is 4.90 Å². The Hall–Kier alpha value is -1.01. The highest BCUT2D eigenvalue weighted by atomic mass is 32.2. The summed E-state index contributed by atoms with van der Waals surface area (Å²) in [5.41, 5.74) is 0. The Balaban J connectivity index is 2.14. The van der Waals surface area contributed by atoms with E-state index in [1.54, 1.807) is 7.05 Å². The topological polar surface area (TPSA) is 119 Å². The molecule has 2 rings (SSSR count). The maximum atomic E-state index is 12.2. The lowest BCUT2D eigenvalue weighted by atomic mass is 10.4. The van der Waals surface area contributed by atoms with Gasteiger partial charge in [-0.15, -0.1) is 0 Å². The van der Waals surface area contributed by atoms with Crippen LogP contribution in [0.15, 0.2) is 17.3 Å². The van der Waals surface area contributed by atoms with Gasteiger partial charge in [-0.3, -0.25) is 4.68 Å². The van der Waals surface area contributed by atoms with Crippen molar-refractivity contribution in [3.63, 3.8) is 0 Å². The maximum absolute atomic E-state index is 12.2. The van der Waals surface area contributed by atoms with Gasteiger partial charge < -0.3 is 0 Å². The van der Waals surface area contributed by atoms with Crippen molar-refractivity contribution < 1.29 is 16.8 Å². The predicted molar refractivity (Wildman–Crippen MR) is 66.6 cm³/mol. The first-order valence-electron chi connectivity index (χ1n) is 5.48. The summed E-state index contributed by atoms with van der Waals surface area (Å²) in [6.07, 6.45) is 2.67. The molecule has 1 aliphatic heterocycles. The molecule has 2 heterocycles. The van der Waals surface area contributed by atoms with Crippen LogP contribution in [0.2, 0.25) is 0 Å². The van der Waals surface area contributed by atoms with Crippen LogP contribution in [-0.4, -0.2) is 61.4 Å². The SMILES string of the molecule is Cn1cc(S(=O)(=O)N2CCN(S(N)(=O)=O)CC2)cn1. The second-order valence-corrected chi connectivity index (χ2v) is 7.68. The highest BCUT2D eigenvalue weighted by Crippen LogP contribution is 2.17. The van der Waals surface area contributed by atoms with E-state index in [9.17, 15) is 16.8 Å². The Bertz CT molecular complexity index is 657. The minimum absolute atomic E-state index is 0.0539.